The molecule has 0 bridgehead atoms. The number of nitrogens with one attached hydrogen (secondary N) is 5. The number of para-hydroxylation sites is 1. The number of nitrogens with zero attached hydrogens (tertiary/aromatic N) is 1. The van der Waals surface area contributed by atoms with Crippen molar-refractivity contribution in [3.05, 3.63) is 72.0 Å². The lowest BCUT2D eigenvalue weighted by molar-refractivity contribution is -0.118. The fourth-order valence-electron chi connectivity index (χ4n) is 4.98. The van der Waals surface area contributed by atoms with Gasteiger partial charge in [0.05, 0.1) is 35.3 Å². The molecular weight excluding hydrogens is 499 g/mol. The molecule has 0 atom stereocenters. The monoisotopic (exact) mass is 528 g/mol. The van der Waals surface area contributed by atoms with Crippen molar-refractivity contribution < 1.29 is 18.7 Å². The first-order valence-corrected chi connectivity index (χ1v) is 12.7. The van der Waals surface area contributed by atoms with Gasteiger partial charge in [-0.2, -0.15) is 0 Å². The number of aromatic nitrogens is 2. The molecule has 2 aliphatic heterocycles. The van der Waals surface area contributed by atoms with Crippen LogP contribution in [0.5, 0.6) is 5.75 Å². The SMILES string of the molecule is C=CC(=O)NC1(C#Cc2cnccc2-c2[nH]c3c(c2Nc2cccc(F)c2OC)C(=O)NCC3)CCNCC1. The minimum atomic E-state index is -0.714. The molecule has 1 fully saturated rings. The number of carbonyl (C=O) groups is 2. The average Bonchev–Trinajstić information content (AvgIpc) is 3.32. The number of rotatable bonds is 6. The van der Waals surface area contributed by atoms with Gasteiger partial charge < -0.3 is 31.0 Å². The Balaban J connectivity index is 1.62. The molecule has 2 aromatic heterocycles. The maximum absolute atomic E-state index is 14.5. The van der Waals surface area contributed by atoms with Gasteiger partial charge in [-0.15, -0.1) is 0 Å². The summed E-state index contributed by atoms with van der Waals surface area (Å²) < 4.78 is 19.8. The van der Waals surface area contributed by atoms with Gasteiger partial charge in [0.25, 0.3) is 5.91 Å². The Labute approximate surface area is 225 Å². The lowest BCUT2D eigenvalue weighted by Gasteiger charge is -2.33. The second-order valence-corrected chi connectivity index (χ2v) is 9.38. The van der Waals surface area contributed by atoms with Crippen LogP contribution in [0, 0.1) is 17.7 Å². The maximum atomic E-state index is 14.5. The third kappa shape index (κ3) is 5.22. The number of fused-ring (bicyclic) bond motifs is 1. The van der Waals surface area contributed by atoms with Gasteiger partial charge in [0, 0.05) is 36.6 Å². The third-order valence-corrected chi connectivity index (χ3v) is 6.93. The van der Waals surface area contributed by atoms with E-state index in [0.717, 1.165) is 5.69 Å². The summed E-state index contributed by atoms with van der Waals surface area (Å²) in [6.45, 7) is 5.50. The van der Waals surface area contributed by atoms with Crippen molar-refractivity contribution in [1.82, 2.24) is 25.9 Å². The Bertz CT molecular complexity index is 1500. The number of H-pyrrole nitrogens is 1. The molecule has 1 saturated heterocycles. The lowest BCUT2D eigenvalue weighted by atomic mass is 9.88. The number of anilines is 2. The highest BCUT2D eigenvalue weighted by atomic mass is 19.1. The van der Waals surface area contributed by atoms with Gasteiger partial charge in [0.1, 0.15) is 5.54 Å². The Hall–Kier alpha value is -4.62. The van der Waals surface area contributed by atoms with E-state index < -0.39 is 11.4 Å². The molecule has 0 unspecified atom stereocenters. The topological polar surface area (TPSA) is 120 Å². The van der Waals surface area contributed by atoms with Gasteiger partial charge >= 0.3 is 0 Å². The molecule has 2 aliphatic rings. The molecule has 4 heterocycles. The number of ether oxygens (including phenoxy) is 1. The molecular formula is C29H29FN6O3. The van der Waals surface area contributed by atoms with Crippen LogP contribution in [0.4, 0.5) is 15.8 Å². The van der Waals surface area contributed by atoms with Crippen LogP contribution in [0.2, 0.25) is 0 Å². The number of benzene rings is 1. The van der Waals surface area contributed by atoms with Crippen LogP contribution in [0.15, 0.2) is 49.3 Å². The summed E-state index contributed by atoms with van der Waals surface area (Å²) >= 11 is 0. The quantitative estimate of drug-likeness (QED) is 0.248. The molecule has 2 amide bonds. The third-order valence-electron chi connectivity index (χ3n) is 6.93. The second kappa shape index (κ2) is 11.0. The van der Waals surface area contributed by atoms with Crippen molar-refractivity contribution in [2.24, 2.45) is 0 Å². The average molecular weight is 529 g/mol. The Morgan fingerprint density at radius 1 is 1.26 bits per heavy atom. The predicted octanol–water partition coefficient (Wildman–Crippen LogP) is 3.03. The van der Waals surface area contributed by atoms with E-state index in [4.69, 9.17) is 4.74 Å². The second-order valence-electron chi connectivity index (χ2n) is 9.38. The number of amides is 2. The first-order valence-electron chi connectivity index (χ1n) is 12.7. The smallest absolute Gasteiger partial charge is 0.255 e. The van der Waals surface area contributed by atoms with Crippen molar-refractivity contribution in [3.63, 3.8) is 0 Å². The number of halogens is 1. The summed E-state index contributed by atoms with van der Waals surface area (Å²) in [6, 6.07) is 6.37. The highest BCUT2D eigenvalue weighted by Crippen LogP contribution is 2.40. The largest absolute Gasteiger partial charge is 0.492 e. The number of carbonyl (C=O) groups excluding carboxylic acids is 2. The summed E-state index contributed by atoms with van der Waals surface area (Å²) in [5.41, 5.74) is 3.28. The van der Waals surface area contributed by atoms with Crippen LogP contribution in [0.1, 0.15) is 34.5 Å². The summed E-state index contributed by atoms with van der Waals surface area (Å²) in [7, 11) is 1.39. The fourth-order valence-corrected chi connectivity index (χ4v) is 4.98. The van der Waals surface area contributed by atoms with Gasteiger partial charge in [0.2, 0.25) is 5.91 Å². The van der Waals surface area contributed by atoms with Crippen molar-refractivity contribution in [2.45, 2.75) is 24.8 Å². The standard InChI is InChI=1S/C29H29FN6O3/c1-3-23(37)36-29(11-15-31-16-12-29)10-7-18-17-32-13-8-19(18)25-26(24-21(34-25)9-14-33-28(24)38)35-22-6-4-5-20(30)27(22)39-2/h3-6,8,13,17,31,34-35H,1,9,11-12,14-16H2,2H3,(H,33,38)(H,36,37). The molecule has 39 heavy (non-hydrogen) atoms. The zero-order valence-electron chi connectivity index (χ0n) is 21.5. The van der Waals surface area contributed by atoms with Gasteiger partial charge in [-0.1, -0.05) is 24.5 Å². The number of pyridine rings is 1. The van der Waals surface area contributed by atoms with Crippen LogP contribution in [-0.4, -0.2) is 54.1 Å². The summed E-state index contributed by atoms with van der Waals surface area (Å²) in [5, 5.41) is 12.4. The van der Waals surface area contributed by atoms with E-state index in [1.165, 1.54) is 19.3 Å². The molecule has 10 heteroatoms. The molecule has 9 nitrogen and oxygen atoms in total. The van der Waals surface area contributed by atoms with E-state index in [0.29, 0.717) is 72.7 Å². The minimum Gasteiger partial charge on any atom is -0.492 e. The van der Waals surface area contributed by atoms with Gasteiger partial charge in [0.15, 0.2) is 11.6 Å². The highest BCUT2D eigenvalue weighted by molar-refractivity contribution is 6.06. The van der Waals surface area contributed by atoms with E-state index >= 15 is 0 Å². The molecule has 200 valence electrons. The van der Waals surface area contributed by atoms with Gasteiger partial charge in [-0.05, 0) is 50.2 Å². The molecule has 0 aliphatic carbocycles. The molecule has 0 spiro atoms. The molecule has 1 aromatic carbocycles. The number of methoxy groups -OCH3 is 1. The molecule has 5 N–H and O–H groups in total. The zero-order chi connectivity index (χ0) is 27.4. The van der Waals surface area contributed by atoms with Crippen LogP contribution in [0.25, 0.3) is 11.3 Å². The zero-order valence-corrected chi connectivity index (χ0v) is 21.5. The number of hydrogen-bond acceptors (Lipinski definition) is 6. The van der Waals surface area contributed by atoms with Crippen LogP contribution < -0.4 is 26.0 Å². The van der Waals surface area contributed by atoms with Crippen LogP contribution in [0.3, 0.4) is 0 Å². The number of piperidine rings is 1. The predicted molar refractivity (Wildman–Crippen MR) is 146 cm³/mol. The minimum absolute atomic E-state index is 0.0372. The van der Waals surface area contributed by atoms with Crippen LogP contribution >= 0.6 is 0 Å². The van der Waals surface area contributed by atoms with E-state index in [9.17, 15) is 14.0 Å². The number of hydrogen-bond donors (Lipinski definition) is 5. The molecule has 3 aromatic rings. The fraction of sp³-hybridized carbons (Fsp3) is 0.276. The summed E-state index contributed by atoms with van der Waals surface area (Å²) in [4.78, 5) is 32.9. The van der Waals surface area contributed by atoms with E-state index in [-0.39, 0.29) is 17.6 Å². The maximum Gasteiger partial charge on any atom is 0.255 e. The Kier molecular flexibility index (Phi) is 7.34. The van der Waals surface area contributed by atoms with Crippen LogP contribution in [-0.2, 0) is 11.2 Å². The number of aromatic amines is 1. The first kappa shape index (κ1) is 26.0. The van der Waals surface area contributed by atoms with Gasteiger partial charge in [-0.25, -0.2) is 4.39 Å². The molecule has 0 saturated carbocycles. The Morgan fingerprint density at radius 3 is 2.85 bits per heavy atom. The molecule has 5 rings (SSSR count). The van der Waals surface area contributed by atoms with Gasteiger partial charge in [-0.3, -0.25) is 14.6 Å². The van der Waals surface area contributed by atoms with E-state index in [1.54, 1.807) is 24.5 Å². The normalized spacial score (nSPS) is 15.7. The first-order chi connectivity index (χ1) is 18.9. The van der Waals surface area contributed by atoms with Crippen molar-refractivity contribution in [2.75, 3.05) is 32.1 Å². The summed E-state index contributed by atoms with van der Waals surface area (Å²) in [5.74, 6) is 5.54. The van der Waals surface area contributed by atoms with E-state index in [1.807, 2.05) is 6.07 Å². The molecule has 0 radical (unpaired) electrons. The van der Waals surface area contributed by atoms with E-state index in [2.05, 4.69) is 49.7 Å². The van der Waals surface area contributed by atoms with Crippen molar-refractivity contribution >= 4 is 23.2 Å². The Morgan fingerprint density at radius 2 is 2.08 bits per heavy atom. The highest BCUT2D eigenvalue weighted by Gasteiger charge is 2.32. The lowest BCUT2D eigenvalue weighted by Crippen LogP contribution is -2.53. The summed E-state index contributed by atoms with van der Waals surface area (Å²) in [6.07, 6.45) is 6.42. The van der Waals surface area contributed by atoms with Crippen molar-refractivity contribution in [3.8, 4) is 28.8 Å². The van der Waals surface area contributed by atoms with Crippen molar-refractivity contribution in [1.29, 1.82) is 0 Å².